The van der Waals surface area contributed by atoms with E-state index in [0.29, 0.717) is 18.7 Å². The molecule has 0 bridgehead atoms. The van der Waals surface area contributed by atoms with E-state index in [1.165, 1.54) is 7.11 Å². The second kappa shape index (κ2) is 8.13. The molecular weight excluding hydrogens is 246 g/mol. The molecule has 5 heteroatoms. The molecule has 0 fully saturated rings. The number of ether oxygens (including phenoxy) is 1. The van der Waals surface area contributed by atoms with Crippen molar-refractivity contribution in [3.05, 3.63) is 29.8 Å². The highest BCUT2D eigenvalue weighted by molar-refractivity contribution is 5.99. The fourth-order valence-corrected chi connectivity index (χ4v) is 1.44. The number of rotatable bonds is 7. The summed E-state index contributed by atoms with van der Waals surface area (Å²) in [5.74, 6) is -0.143. The van der Waals surface area contributed by atoms with Gasteiger partial charge >= 0.3 is 5.97 Å². The average molecular weight is 265 g/mol. The molecule has 0 saturated carbocycles. The Morgan fingerprint density at radius 2 is 2.00 bits per heavy atom. The van der Waals surface area contributed by atoms with Crippen LogP contribution in [0.2, 0.25) is 0 Å². The van der Waals surface area contributed by atoms with E-state index in [4.69, 9.17) is 4.84 Å². The molecule has 0 aliphatic carbocycles. The minimum absolute atomic E-state index is 0.0983. The Labute approximate surface area is 112 Å². The van der Waals surface area contributed by atoms with Gasteiger partial charge in [0.05, 0.1) is 19.2 Å². The summed E-state index contributed by atoms with van der Waals surface area (Å²) in [4.78, 5) is 16.4. The molecule has 5 nitrogen and oxygen atoms in total. The van der Waals surface area contributed by atoms with Crippen LogP contribution >= 0.6 is 0 Å². The highest BCUT2D eigenvalue weighted by Crippen LogP contribution is 2.11. The minimum atomic E-state index is -0.349. The Morgan fingerprint density at radius 1 is 1.32 bits per heavy atom. The largest absolute Gasteiger partial charge is 0.508 e. The standard InChI is InChI=1S/C14H19NO4/c1-3-8-19-15-12(10-14(17)18-2)9-11-4-6-13(16)7-5-11/h4-7,16H,3,8-10H2,1-2H3. The number of hydrogen-bond donors (Lipinski definition) is 1. The van der Waals surface area contributed by atoms with E-state index < -0.39 is 0 Å². The summed E-state index contributed by atoms with van der Waals surface area (Å²) in [6, 6.07) is 6.75. The van der Waals surface area contributed by atoms with Gasteiger partial charge in [0.1, 0.15) is 12.4 Å². The number of esters is 1. The van der Waals surface area contributed by atoms with Gasteiger partial charge in [-0.1, -0.05) is 24.2 Å². The summed E-state index contributed by atoms with van der Waals surface area (Å²) in [5.41, 5.74) is 1.55. The van der Waals surface area contributed by atoms with Crippen molar-refractivity contribution < 1.29 is 19.5 Å². The quantitative estimate of drug-likeness (QED) is 0.355. The van der Waals surface area contributed by atoms with Gasteiger partial charge in [-0.3, -0.25) is 4.79 Å². The number of benzene rings is 1. The van der Waals surface area contributed by atoms with Crippen molar-refractivity contribution in [2.75, 3.05) is 13.7 Å². The van der Waals surface area contributed by atoms with Crippen molar-refractivity contribution in [1.29, 1.82) is 0 Å². The monoisotopic (exact) mass is 265 g/mol. The number of methoxy groups -OCH3 is 1. The molecule has 104 valence electrons. The lowest BCUT2D eigenvalue weighted by atomic mass is 10.1. The van der Waals surface area contributed by atoms with Crippen molar-refractivity contribution in [2.24, 2.45) is 5.16 Å². The first-order valence-corrected chi connectivity index (χ1v) is 6.18. The summed E-state index contributed by atoms with van der Waals surface area (Å²) in [5, 5.41) is 13.2. The van der Waals surface area contributed by atoms with Gasteiger partial charge in [0.25, 0.3) is 0 Å². The molecule has 1 rings (SSSR count). The van der Waals surface area contributed by atoms with Gasteiger partial charge in [-0.2, -0.15) is 0 Å². The van der Waals surface area contributed by atoms with Crippen LogP contribution in [0.25, 0.3) is 0 Å². The normalized spacial score (nSPS) is 11.2. The summed E-state index contributed by atoms with van der Waals surface area (Å²) < 4.78 is 4.63. The molecule has 1 aromatic rings. The number of nitrogens with zero attached hydrogens (tertiary/aromatic N) is 1. The van der Waals surface area contributed by atoms with E-state index in [2.05, 4.69) is 9.89 Å². The molecule has 1 N–H and O–H groups in total. The molecule has 0 aliphatic rings. The van der Waals surface area contributed by atoms with Gasteiger partial charge < -0.3 is 14.7 Å². The maximum atomic E-state index is 11.3. The third-order valence-corrected chi connectivity index (χ3v) is 2.41. The predicted octanol–water partition coefficient (Wildman–Crippen LogP) is 2.28. The van der Waals surface area contributed by atoms with E-state index in [1.807, 2.05) is 6.92 Å². The lowest BCUT2D eigenvalue weighted by molar-refractivity contribution is -0.139. The third-order valence-electron chi connectivity index (χ3n) is 2.41. The zero-order valence-electron chi connectivity index (χ0n) is 11.3. The lowest BCUT2D eigenvalue weighted by Gasteiger charge is -2.06. The molecule has 1 aromatic carbocycles. The third kappa shape index (κ3) is 5.90. The first-order valence-electron chi connectivity index (χ1n) is 6.18. The molecule has 0 aliphatic heterocycles. The van der Waals surface area contributed by atoms with Crippen molar-refractivity contribution in [3.63, 3.8) is 0 Å². The predicted molar refractivity (Wildman–Crippen MR) is 72.1 cm³/mol. The second-order valence-corrected chi connectivity index (χ2v) is 4.09. The summed E-state index contributed by atoms with van der Waals surface area (Å²) in [6.45, 7) is 2.50. The van der Waals surface area contributed by atoms with Crippen LogP contribution in [0, 0.1) is 0 Å². The van der Waals surface area contributed by atoms with Crippen LogP contribution < -0.4 is 0 Å². The molecule has 0 spiro atoms. The number of phenolic OH excluding ortho intramolecular Hbond substituents is 1. The molecule has 0 radical (unpaired) electrons. The zero-order valence-corrected chi connectivity index (χ0v) is 11.3. The lowest BCUT2D eigenvalue weighted by Crippen LogP contribution is -2.12. The first kappa shape index (κ1) is 15.0. The highest BCUT2D eigenvalue weighted by atomic mass is 16.6. The van der Waals surface area contributed by atoms with Crippen LogP contribution in [0.5, 0.6) is 5.75 Å². The van der Waals surface area contributed by atoms with Gasteiger partial charge in [-0.25, -0.2) is 0 Å². The van der Waals surface area contributed by atoms with Crippen molar-refractivity contribution in [2.45, 2.75) is 26.2 Å². The Kier molecular flexibility index (Phi) is 6.43. The average Bonchev–Trinajstić information content (AvgIpc) is 2.41. The molecular formula is C14H19NO4. The van der Waals surface area contributed by atoms with Crippen molar-refractivity contribution in [1.82, 2.24) is 0 Å². The topological polar surface area (TPSA) is 68.1 Å². The number of hydrogen-bond acceptors (Lipinski definition) is 5. The number of aromatic hydroxyl groups is 1. The highest BCUT2D eigenvalue weighted by Gasteiger charge is 2.10. The zero-order chi connectivity index (χ0) is 14.1. The van der Waals surface area contributed by atoms with Gasteiger partial charge in [-0.05, 0) is 24.1 Å². The maximum absolute atomic E-state index is 11.3. The van der Waals surface area contributed by atoms with E-state index in [1.54, 1.807) is 24.3 Å². The number of carbonyl (C=O) groups is 1. The first-order chi connectivity index (χ1) is 9.15. The van der Waals surface area contributed by atoms with E-state index in [0.717, 1.165) is 12.0 Å². The van der Waals surface area contributed by atoms with E-state index in [9.17, 15) is 9.90 Å². The summed E-state index contributed by atoms with van der Waals surface area (Å²) in [7, 11) is 1.34. The molecule has 0 amide bonds. The minimum Gasteiger partial charge on any atom is -0.508 e. The SMILES string of the molecule is CCCON=C(CC(=O)OC)Cc1ccc(O)cc1. The second-order valence-electron chi connectivity index (χ2n) is 4.09. The van der Waals surface area contributed by atoms with Crippen LogP contribution in [0.3, 0.4) is 0 Å². The van der Waals surface area contributed by atoms with Gasteiger partial charge in [0.2, 0.25) is 0 Å². The molecule has 0 saturated heterocycles. The molecule has 19 heavy (non-hydrogen) atoms. The van der Waals surface area contributed by atoms with Crippen LogP contribution in [-0.2, 0) is 20.8 Å². The smallest absolute Gasteiger partial charge is 0.311 e. The Bertz CT molecular complexity index is 426. The van der Waals surface area contributed by atoms with Crippen LogP contribution in [0.1, 0.15) is 25.3 Å². The fourth-order valence-electron chi connectivity index (χ4n) is 1.44. The Morgan fingerprint density at radius 3 is 2.58 bits per heavy atom. The van der Waals surface area contributed by atoms with E-state index in [-0.39, 0.29) is 18.1 Å². The Balaban J connectivity index is 2.69. The van der Waals surface area contributed by atoms with Crippen LogP contribution in [0.15, 0.2) is 29.4 Å². The van der Waals surface area contributed by atoms with Gasteiger partial charge in [0.15, 0.2) is 0 Å². The van der Waals surface area contributed by atoms with Crippen LogP contribution in [0.4, 0.5) is 0 Å². The maximum Gasteiger partial charge on any atom is 0.311 e. The molecule has 0 atom stereocenters. The Hall–Kier alpha value is -2.04. The van der Waals surface area contributed by atoms with E-state index >= 15 is 0 Å². The van der Waals surface area contributed by atoms with Crippen LogP contribution in [-0.4, -0.2) is 30.5 Å². The number of carbonyl (C=O) groups excluding carboxylic acids is 1. The van der Waals surface area contributed by atoms with Gasteiger partial charge in [0, 0.05) is 6.42 Å². The molecule has 0 aromatic heterocycles. The summed E-state index contributed by atoms with van der Waals surface area (Å²) in [6.07, 6.45) is 1.44. The van der Waals surface area contributed by atoms with Crippen molar-refractivity contribution >= 4 is 11.7 Å². The molecule has 0 heterocycles. The van der Waals surface area contributed by atoms with Gasteiger partial charge in [-0.15, -0.1) is 0 Å². The summed E-state index contributed by atoms with van der Waals surface area (Å²) >= 11 is 0. The fraction of sp³-hybridized carbons (Fsp3) is 0.429. The number of oxime groups is 1. The van der Waals surface area contributed by atoms with Crippen molar-refractivity contribution in [3.8, 4) is 5.75 Å². The number of phenols is 1. The molecule has 0 unspecified atom stereocenters.